The Hall–Kier alpha value is -2.51. The highest BCUT2D eigenvalue weighted by molar-refractivity contribution is 7.79. The third kappa shape index (κ3) is 7.88. The van der Waals surface area contributed by atoms with Gasteiger partial charge in [0.25, 0.3) is 5.97 Å². The van der Waals surface area contributed by atoms with E-state index in [4.69, 9.17) is 27.2 Å². The van der Waals surface area contributed by atoms with Crippen molar-refractivity contribution >= 4 is 47.4 Å². The van der Waals surface area contributed by atoms with Gasteiger partial charge >= 0.3 is 0 Å². The first kappa shape index (κ1) is 27.5. The number of fused-ring (bicyclic) bond motifs is 1. The Labute approximate surface area is 200 Å². The molecule has 0 bridgehead atoms. The zero-order valence-corrected chi connectivity index (χ0v) is 20.9. The van der Waals surface area contributed by atoms with Gasteiger partial charge in [0, 0.05) is 48.3 Å². The van der Waals surface area contributed by atoms with E-state index in [0.717, 1.165) is 47.2 Å². The molecule has 0 aliphatic heterocycles. The van der Waals surface area contributed by atoms with E-state index in [1.807, 2.05) is 12.3 Å². The van der Waals surface area contributed by atoms with E-state index in [0.29, 0.717) is 0 Å². The molecular weight excluding hydrogens is 444 g/mol. The minimum atomic E-state index is -0.833. The average Bonchev–Trinajstić information content (AvgIpc) is 3.16. The summed E-state index contributed by atoms with van der Waals surface area (Å²) in [6.07, 6.45) is 15.1. The van der Waals surface area contributed by atoms with Crippen molar-refractivity contribution in [2.45, 2.75) is 46.5 Å². The Morgan fingerprint density at radius 2 is 2.09 bits per heavy atom. The second kappa shape index (κ2) is 13.1. The van der Waals surface area contributed by atoms with Gasteiger partial charge in [0.15, 0.2) is 0 Å². The summed E-state index contributed by atoms with van der Waals surface area (Å²) in [5.74, 6) is 0.419. The number of aliphatic imine (C=N–C) groups is 1. The predicted octanol–water partition coefficient (Wildman–Crippen LogP) is 5.91. The molecule has 4 N–H and O–H groups in total. The number of H-pyrrole nitrogens is 1. The number of aromatic nitrogens is 2. The molecular formula is C24H33ClN4O2S. The van der Waals surface area contributed by atoms with Crippen LogP contribution in [0.15, 0.2) is 53.3 Å². The number of hydrogen-bond donors (Lipinski definition) is 4. The van der Waals surface area contributed by atoms with Gasteiger partial charge in [0.1, 0.15) is 5.82 Å². The summed E-state index contributed by atoms with van der Waals surface area (Å²) in [6.45, 7) is 7.46. The second-order valence-corrected chi connectivity index (χ2v) is 8.06. The first-order valence-corrected chi connectivity index (χ1v) is 11.6. The molecule has 0 amide bonds. The van der Waals surface area contributed by atoms with Gasteiger partial charge in [-0.15, -0.1) is 0 Å². The molecule has 3 rings (SSSR count). The molecule has 1 aromatic carbocycles. The number of aliphatic carboxylic acids is 1. The second-order valence-electron chi connectivity index (χ2n) is 7.65. The highest BCUT2D eigenvalue weighted by Gasteiger charge is 2.23. The number of aryl methyl sites for hydroxylation is 1. The van der Waals surface area contributed by atoms with Crippen LogP contribution in [0, 0.1) is 5.41 Å². The van der Waals surface area contributed by atoms with Crippen molar-refractivity contribution in [1.82, 2.24) is 9.97 Å². The van der Waals surface area contributed by atoms with E-state index in [1.54, 1.807) is 12.5 Å². The van der Waals surface area contributed by atoms with Crippen LogP contribution in [0.3, 0.4) is 0 Å². The zero-order valence-electron chi connectivity index (χ0n) is 19.3. The minimum absolute atomic E-state index is 0.145. The zero-order chi connectivity index (χ0) is 24.3. The molecule has 1 aromatic heterocycles. The number of carboxylic acids is 1. The molecule has 174 valence electrons. The van der Waals surface area contributed by atoms with Gasteiger partial charge in [-0.3, -0.25) is 9.79 Å². The average molecular weight is 477 g/mol. The van der Waals surface area contributed by atoms with Crippen LogP contribution in [0.1, 0.15) is 51.4 Å². The first-order valence-electron chi connectivity index (χ1n) is 10.3. The van der Waals surface area contributed by atoms with Gasteiger partial charge in [-0.25, -0.2) is 4.98 Å². The Kier molecular flexibility index (Phi) is 11.3. The van der Waals surface area contributed by atoms with Crippen LogP contribution in [-0.2, 0) is 11.2 Å². The topological polar surface area (TPSA) is 104 Å². The third-order valence-electron chi connectivity index (χ3n) is 4.80. The van der Waals surface area contributed by atoms with E-state index < -0.39 is 5.97 Å². The summed E-state index contributed by atoms with van der Waals surface area (Å²) >= 11 is 10.1. The summed E-state index contributed by atoms with van der Waals surface area (Å²) in [5, 5.41) is 8.19. The molecule has 1 aliphatic rings. The van der Waals surface area contributed by atoms with Crippen LogP contribution in [0.25, 0.3) is 11.0 Å². The molecule has 1 heterocycles. The fourth-order valence-corrected chi connectivity index (χ4v) is 3.53. The van der Waals surface area contributed by atoms with Gasteiger partial charge in [-0.2, -0.15) is 12.6 Å². The Morgan fingerprint density at radius 3 is 2.62 bits per heavy atom. The number of thiol groups is 1. The molecule has 0 saturated heterocycles. The van der Waals surface area contributed by atoms with Crippen LogP contribution >= 0.6 is 24.2 Å². The molecule has 0 radical (unpaired) electrons. The van der Waals surface area contributed by atoms with E-state index in [1.165, 1.54) is 11.8 Å². The summed E-state index contributed by atoms with van der Waals surface area (Å²) in [5.41, 5.74) is 9.55. The Morgan fingerprint density at radius 1 is 1.44 bits per heavy atom. The number of nitrogens with one attached hydrogen (secondary N) is 1. The van der Waals surface area contributed by atoms with Crippen LogP contribution < -0.4 is 5.73 Å². The third-order valence-corrected chi connectivity index (χ3v) is 5.12. The van der Waals surface area contributed by atoms with Crippen molar-refractivity contribution in [2.24, 2.45) is 16.1 Å². The number of carboxylic acid groups (broad SMARTS) is 1. The lowest BCUT2D eigenvalue weighted by Crippen LogP contribution is -2.17. The normalized spacial score (nSPS) is 15.8. The molecule has 1 unspecified atom stereocenters. The number of allylic oxidation sites excluding steroid dienone is 4. The number of halogens is 1. The smallest absolute Gasteiger partial charge is 0.300 e. The molecule has 6 nitrogen and oxygen atoms in total. The van der Waals surface area contributed by atoms with Crippen molar-refractivity contribution < 1.29 is 9.90 Å². The lowest BCUT2D eigenvalue weighted by molar-refractivity contribution is -0.134. The van der Waals surface area contributed by atoms with Crippen LogP contribution in [0.2, 0.25) is 5.02 Å². The molecule has 2 aromatic rings. The van der Waals surface area contributed by atoms with Crippen LogP contribution in [0.5, 0.6) is 0 Å². The van der Waals surface area contributed by atoms with Crippen LogP contribution in [0.4, 0.5) is 0 Å². The highest BCUT2D eigenvalue weighted by atomic mass is 35.5. The number of nitrogens with zero attached hydrogens (tertiary/aromatic N) is 2. The van der Waals surface area contributed by atoms with Crippen LogP contribution in [-0.4, -0.2) is 33.5 Å². The SMILES string of the molecule is CC(=O)O.CCc1nc2cc(Cl)c(C3C=CC(C(C)(C)C=N/C=C\N)=CC3)cc2[nH]1.CS. The van der Waals surface area contributed by atoms with Gasteiger partial charge < -0.3 is 15.8 Å². The lowest BCUT2D eigenvalue weighted by Gasteiger charge is -2.26. The molecule has 8 heteroatoms. The monoisotopic (exact) mass is 476 g/mol. The van der Waals surface area contributed by atoms with Gasteiger partial charge in [0.2, 0.25) is 0 Å². The Balaban J connectivity index is 0.000000769. The lowest BCUT2D eigenvalue weighted by atomic mass is 9.79. The first-order chi connectivity index (χ1) is 15.2. The van der Waals surface area contributed by atoms with E-state index in [-0.39, 0.29) is 11.3 Å². The standard InChI is InChI=1S/C21H25ClN4.C2H4O2.CH4S/c1-4-20-25-18-11-16(17(22)12-19(18)26-20)14-5-7-15(8-6-14)21(2,3)13-24-10-9-23;1-2(3)4;1-2/h5,7-14H,4,6,23H2,1-3H3,(H,25,26);1H3,(H,3,4);2H,1H3/b10-9-,24-13?;;. The molecule has 0 fully saturated rings. The Bertz CT molecular complexity index is 1020. The maximum atomic E-state index is 9.00. The van der Waals surface area contributed by atoms with Gasteiger partial charge in [-0.05, 0) is 35.9 Å². The fraction of sp³-hybridized carbons (Fsp3) is 0.375. The van der Waals surface area contributed by atoms with Crippen molar-refractivity contribution in [3.05, 3.63) is 64.7 Å². The minimum Gasteiger partial charge on any atom is -0.481 e. The molecule has 0 saturated carbocycles. The molecule has 1 aliphatic carbocycles. The number of rotatable bonds is 5. The van der Waals surface area contributed by atoms with Crippen molar-refractivity contribution in [1.29, 1.82) is 0 Å². The number of nitrogens with two attached hydrogens (primary N) is 1. The largest absolute Gasteiger partial charge is 0.481 e. The van der Waals surface area contributed by atoms with Crippen molar-refractivity contribution in [2.75, 3.05) is 6.26 Å². The number of hydrogen-bond acceptors (Lipinski definition) is 5. The van der Waals surface area contributed by atoms with Gasteiger partial charge in [-0.1, -0.05) is 50.6 Å². The molecule has 0 spiro atoms. The summed E-state index contributed by atoms with van der Waals surface area (Å²) in [7, 11) is 0. The number of carbonyl (C=O) groups is 1. The van der Waals surface area contributed by atoms with Gasteiger partial charge in [0.05, 0.1) is 11.0 Å². The predicted molar refractivity (Wildman–Crippen MR) is 139 cm³/mol. The maximum Gasteiger partial charge on any atom is 0.300 e. The summed E-state index contributed by atoms with van der Waals surface area (Å²) in [4.78, 5) is 21.2. The van der Waals surface area contributed by atoms with E-state index in [2.05, 4.69) is 72.7 Å². The number of imidazole rings is 1. The van der Waals surface area contributed by atoms with Crippen molar-refractivity contribution in [3.8, 4) is 0 Å². The van der Waals surface area contributed by atoms with E-state index in [9.17, 15) is 0 Å². The maximum absolute atomic E-state index is 9.00. The molecule has 1 atom stereocenters. The fourth-order valence-electron chi connectivity index (χ4n) is 3.23. The summed E-state index contributed by atoms with van der Waals surface area (Å²) < 4.78 is 0. The van der Waals surface area contributed by atoms with E-state index >= 15 is 0 Å². The highest BCUT2D eigenvalue weighted by Crippen LogP contribution is 2.37. The molecule has 32 heavy (non-hydrogen) atoms. The number of aromatic amines is 1. The van der Waals surface area contributed by atoms with Crippen molar-refractivity contribution in [3.63, 3.8) is 0 Å². The summed E-state index contributed by atoms with van der Waals surface area (Å²) in [6, 6.07) is 4.10. The number of benzene rings is 1. The quantitative estimate of drug-likeness (QED) is 0.318.